The van der Waals surface area contributed by atoms with Gasteiger partial charge in [0.25, 0.3) is 0 Å². The topological polar surface area (TPSA) is 61.5 Å². The quantitative estimate of drug-likeness (QED) is 0.634. The van der Waals surface area contributed by atoms with Crippen LogP contribution in [0.5, 0.6) is 0 Å². The van der Waals surface area contributed by atoms with Crippen molar-refractivity contribution in [2.24, 2.45) is 11.7 Å². The van der Waals surface area contributed by atoms with Crippen LogP contribution in [0.3, 0.4) is 0 Å². The molecule has 0 spiro atoms. The Kier molecular flexibility index (Phi) is 3.50. The third-order valence-electron chi connectivity index (χ3n) is 2.12. The average Bonchev–Trinajstić information content (AvgIpc) is 2.01. The van der Waals surface area contributed by atoms with Gasteiger partial charge < -0.3 is 15.2 Å². The molecule has 4 nitrogen and oxygen atoms in total. The highest BCUT2D eigenvalue weighted by Gasteiger charge is 2.32. The first-order valence-electron chi connectivity index (χ1n) is 4.96. The fraction of sp³-hybridized carbons (Fsp3) is 0.900. The number of carbonyl (C=O) groups is 1. The van der Waals surface area contributed by atoms with E-state index >= 15 is 0 Å². The third-order valence-corrected chi connectivity index (χ3v) is 2.12. The fourth-order valence-electron chi connectivity index (χ4n) is 1.37. The van der Waals surface area contributed by atoms with Crippen molar-refractivity contribution in [2.75, 3.05) is 13.2 Å². The Morgan fingerprint density at radius 1 is 1.50 bits per heavy atom. The summed E-state index contributed by atoms with van der Waals surface area (Å²) in [6, 6.07) is -0.126. The van der Waals surface area contributed by atoms with Crippen LogP contribution in [0.2, 0.25) is 0 Å². The van der Waals surface area contributed by atoms with Crippen LogP contribution in [-0.4, -0.2) is 30.8 Å². The second-order valence-corrected chi connectivity index (χ2v) is 4.67. The van der Waals surface area contributed by atoms with Crippen molar-refractivity contribution in [3.05, 3.63) is 0 Å². The van der Waals surface area contributed by atoms with Crippen LogP contribution in [0.4, 0.5) is 0 Å². The van der Waals surface area contributed by atoms with Gasteiger partial charge in [-0.2, -0.15) is 0 Å². The maximum Gasteiger partial charge on any atom is 0.313 e. The van der Waals surface area contributed by atoms with Gasteiger partial charge in [-0.25, -0.2) is 0 Å². The molecule has 4 heteroatoms. The summed E-state index contributed by atoms with van der Waals surface area (Å²) in [7, 11) is 0. The van der Waals surface area contributed by atoms with Crippen LogP contribution in [0.1, 0.15) is 27.2 Å². The number of hydrogen-bond acceptors (Lipinski definition) is 4. The lowest BCUT2D eigenvalue weighted by molar-refractivity contribution is -0.165. The summed E-state index contributed by atoms with van der Waals surface area (Å²) in [4.78, 5) is 11.6. The Bertz CT molecular complexity index is 210. The second kappa shape index (κ2) is 4.28. The standard InChI is InChI=1S/C10H19NO3/c1-10(2,3)14-9(12)7-6-13-5-4-8(7)11/h7-8H,4-6,11H2,1-3H3/t7-,8+/m1/s1. The van der Waals surface area contributed by atoms with Crippen LogP contribution in [0.15, 0.2) is 0 Å². The molecule has 0 aromatic carbocycles. The molecule has 0 unspecified atom stereocenters. The van der Waals surface area contributed by atoms with E-state index < -0.39 is 5.60 Å². The largest absolute Gasteiger partial charge is 0.460 e. The maximum absolute atomic E-state index is 11.6. The number of nitrogens with two attached hydrogens (primary N) is 1. The van der Waals surface area contributed by atoms with Crippen molar-refractivity contribution >= 4 is 5.97 Å². The third kappa shape index (κ3) is 3.27. The van der Waals surface area contributed by atoms with Gasteiger partial charge in [-0.15, -0.1) is 0 Å². The lowest BCUT2D eigenvalue weighted by Crippen LogP contribution is -2.45. The van der Waals surface area contributed by atoms with Crippen molar-refractivity contribution in [1.82, 2.24) is 0 Å². The predicted octanol–water partition coefficient (Wildman–Crippen LogP) is 0.692. The molecule has 82 valence electrons. The molecule has 0 aliphatic carbocycles. The van der Waals surface area contributed by atoms with Crippen LogP contribution in [0, 0.1) is 5.92 Å². The summed E-state index contributed by atoms with van der Waals surface area (Å²) in [6.07, 6.45) is 0.726. The van der Waals surface area contributed by atoms with E-state index in [1.54, 1.807) is 0 Å². The van der Waals surface area contributed by atoms with E-state index in [1.807, 2.05) is 20.8 Å². The lowest BCUT2D eigenvalue weighted by atomic mass is 9.96. The van der Waals surface area contributed by atoms with Gasteiger partial charge in [-0.1, -0.05) is 0 Å². The Morgan fingerprint density at radius 2 is 2.14 bits per heavy atom. The molecule has 0 radical (unpaired) electrons. The molecule has 1 rings (SSSR count). The Morgan fingerprint density at radius 3 is 2.64 bits per heavy atom. The predicted molar refractivity (Wildman–Crippen MR) is 52.7 cm³/mol. The smallest absolute Gasteiger partial charge is 0.313 e. The van der Waals surface area contributed by atoms with Crippen LogP contribution >= 0.6 is 0 Å². The molecule has 0 aromatic heterocycles. The first-order valence-corrected chi connectivity index (χ1v) is 4.96. The number of carbonyl (C=O) groups excluding carboxylic acids is 1. The second-order valence-electron chi connectivity index (χ2n) is 4.67. The molecule has 2 N–H and O–H groups in total. The monoisotopic (exact) mass is 201 g/mol. The number of hydrogen-bond donors (Lipinski definition) is 1. The van der Waals surface area contributed by atoms with Crippen LogP contribution < -0.4 is 5.73 Å². The number of ether oxygens (including phenoxy) is 2. The molecule has 0 saturated carbocycles. The van der Waals surface area contributed by atoms with Gasteiger partial charge in [-0.3, -0.25) is 4.79 Å². The van der Waals surface area contributed by atoms with Crippen molar-refractivity contribution in [2.45, 2.75) is 38.8 Å². The van der Waals surface area contributed by atoms with Gasteiger partial charge in [0, 0.05) is 12.6 Å². The Labute approximate surface area is 84.7 Å². The highest BCUT2D eigenvalue weighted by Crippen LogP contribution is 2.18. The SMILES string of the molecule is CC(C)(C)OC(=O)[C@@H]1COCC[C@@H]1N. The molecule has 1 aliphatic heterocycles. The molecule has 1 fully saturated rings. The van der Waals surface area contributed by atoms with E-state index in [9.17, 15) is 4.79 Å². The van der Waals surface area contributed by atoms with Gasteiger partial charge in [0.1, 0.15) is 5.60 Å². The molecule has 0 aromatic rings. The van der Waals surface area contributed by atoms with Gasteiger partial charge in [0.2, 0.25) is 0 Å². The van der Waals surface area contributed by atoms with Crippen LogP contribution in [-0.2, 0) is 14.3 Å². The summed E-state index contributed by atoms with van der Waals surface area (Å²) in [5.41, 5.74) is 5.37. The first kappa shape index (κ1) is 11.5. The molecule has 1 heterocycles. The zero-order valence-corrected chi connectivity index (χ0v) is 9.08. The number of esters is 1. The van der Waals surface area contributed by atoms with E-state index in [-0.39, 0.29) is 17.9 Å². The highest BCUT2D eigenvalue weighted by molar-refractivity contribution is 5.74. The average molecular weight is 201 g/mol. The van der Waals surface area contributed by atoms with Gasteiger partial charge in [0.05, 0.1) is 12.5 Å². The molecule has 0 bridgehead atoms. The molecular weight excluding hydrogens is 182 g/mol. The zero-order valence-electron chi connectivity index (χ0n) is 9.08. The normalized spacial score (nSPS) is 28.6. The molecule has 1 saturated heterocycles. The summed E-state index contributed by atoms with van der Waals surface area (Å²) in [5, 5.41) is 0. The zero-order chi connectivity index (χ0) is 10.8. The minimum atomic E-state index is -0.450. The minimum Gasteiger partial charge on any atom is -0.460 e. The molecule has 2 atom stereocenters. The first-order chi connectivity index (χ1) is 6.40. The summed E-state index contributed by atoms with van der Waals surface area (Å²) >= 11 is 0. The fourth-order valence-corrected chi connectivity index (χ4v) is 1.37. The van der Waals surface area contributed by atoms with E-state index in [0.29, 0.717) is 13.2 Å². The van der Waals surface area contributed by atoms with Crippen molar-refractivity contribution < 1.29 is 14.3 Å². The molecule has 0 amide bonds. The summed E-state index contributed by atoms with van der Waals surface area (Å²) < 4.78 is 10.5. The number of rotatable bonds is 1. The molecule has 1 aliphatic rings. The van der Waals surface area contributed by atoms with E-state index in [2.05, 4.69) is 0 Å². The van der Waals surface area contributed by atoms with Crippen molar-refractivity contribution in [3.8, 4) is 0 Å². The van der Waals surface area contributed by atoms with E-state index in [0.717, 1.165) is 6.42 Å². The molecular formula is C10H19NO3. The van der Waals surface area contributed by atoms with Crippen molar-refractivity contribution in [3.63, 3.8) is 0 Å². The van der Waals surface area contributed by atoms with Crippen molar-refractivity contribution in [1.29, 1.82) is 0 Å². The van der Waals surface area contributed by atoms with E-state index in [4.69, 9.17) is 15.2 Å². The van der Waals surface area contributed by atoms with Crippen LogP contribution in [0.25, 0.3) is 0 Å². The summed E-state index contributed by atoms with van der Waals surface area (Å²) in [6.45, 7) is 6.57. The maximum atomic E-state index is 11.6. The Balaban J connectivity index is 2.50. The van der Waals surface area contributed by atoms with Gasteiger partial charge in [-0.05, 0) is 27.2 Å². The Hall–Kier alpha value is -0.610. The van der Waals surface area contributed by atoms with Gasteiger partial charge >= 0.3 is 5.97 Å². The minimum absolute atomic E-state index is 0.126. The lowest BCUT2D eigenvalue weighted by Gasteiger charge is -2.30. The highest BCUT2D eigenvalue weighted by atomic mass is 16.6. The van der Waals surface area contributed by atoms with E-state index in [1.165, 1.54) is 0 Å². The summed E-state index contributed by atoms with van der Waals surface area (Å²) in [5.74, 6) is -0.548. The van der Waals surface area contributed by atoms with Gasteiger partial charge in [0.15, 0.2) is 0 Å². The molecule has 14 heavy (non-hydrogen) atoms.